The van der Waals surface area contributed by atoms with Gasteiger partial charge in [-0.05, 0) is 17.7 Å². The standard InChI is InChI=1S/C12H13N3O/c1-10(16)14-8-11-2-4-12(5-3-11)15-7-6-13-9-15/h2-7,9H,8H2,1H3,(H,14,16). The Hall–Kier alpha value is -2.10. The van der Waals surface area contributed by atoms with Crippen molar-refractivity contribution in [3.8, 4) is 5.69 Å². The van der Waals surface area contributed by atoms with Gasteiger partial charge in [0.25, 0.3) is 0 Å². The van der Waals surface area contributed by atoms with Crippen LogP contribution in [-0.2, 0) is 11.3 Å². The Morgan fingerprint density at radius 1 is 1.38 bits per heavy atom. The van der Waals surface area contributed by atoms with Gasteiger partial charge in [0, 0.05) is 31.5 Å². The lowest BCUT2D eigenvalue weighted by Gasteiger charge is -2.05. The lowest BCUT2D eigenvalue weighted by Crippen LogP contribution is -2.18. The largest absolute Gasteiger partial charge is 0.352 e. The second kappa shape index (κ2) is 4.61. The molecule has 2 aromatic rings. The van der Waals surface area contributed by atoms with E-state index in [2.05, 4.69) is 10.3 Å². The van der Waals surface area contributed by atoms with Gasteiger partial charge < -0.3 is 9.88 Å². The van der Waals surface area contributed by atoms with Crippen molar-refractivity contribution in [2.75, 3.05) is 0 Å². The zero-order chi connectivity index (χ0) is 11.4. The van der Waals surface area contributed by atoms with Crippen molar-refractivity contribution in [2.24, 2.45) is 0 Å². The third-order valence-electron chi connectivity index (χ3n) is 2.28. The summed E-state index contributed by atoms with van der Waals surface area (Å²) in [6.07, 6.45) is 5.39. The molecule has 2 rings (SSSR count). The first-order valence-electron chi connectivity index (χ1n) is 5.07. The monoisotopic (exact) mass is 215 g/mol. The Morgan fingerprint density at radius 3 is 2.69 bits per heavy atom. The predicted molar refractivity (Wildman–Crippen MR) is 61.1 cm³/mol. The van der Waals surface area contributed by atoms with Crippen LogP contribution >= 0.6 is 0 Å². The summed E-state index contributed by atoms with van der Waals surface area (Å²) in [5.74, 6) is -0.0151. The van der Waals surface area contributed by atoms with Crippen LogP contribution in [0.3, 0.4) is 0 Å². The van der Waals surface area contributed by atoms with E-state index in [9.17, 15) is 4.79 Å². The summed E-state index contributed by atoms with van der Waals surface area (Å²) in [5, 5.41) is 2.76. The van der Waals surface area contributed by atoms with Crippen molar-refractivity contribution >= 4 is 5.91 Å². The van der Waals surface area contributed by atoms with Crippen molar-refractivity contribution in [3.63, 3.8) is 0 Å². The number of nitrogens with zero attached hydrogens (tertiary/aromatic N) is 2. The maximum absolute atomic E-state index is 10.7. The van der Waals surface area contributed by atoms with E-state index < -0.39 is 0 Å². The molecule has 0 radical (unpaired) electrons. The smallest absolute Gasteiger partial charge is 0.217 e. The van der Waals surface area contributed by atoms with Crippen LogP contribution < -0.4 is 5.32 Å². The van der Waals surface area contributed by atoms with Crippen LogP contribution in [0.2, 0.25) is 0 Å². The highest BCUT2D eigenvalue weighted by Crippen LogP contribution is 2.08. The van der Waals surface area contributed by atoms with Crippen LogP contribution in [0, 0.1) is 0 Å². The van der Waals surface area contributed by atoms with Gasteiger partial charge in [0.15, 0.2) is 0 Å². The number of amides is 1. The molecule has 4 heteroatoms. The number of benzene rings is 1. The molecule has 0 aliphatic rings. The van der Waals surface area contributed by atoms with Crippen LogP contribution in [0.4, 0.5) is 0 Å². The maximum Gasteiger partial charge on any atom is 0.217 e. The molecule has 1 heterocycles. The molecule has 0 atom stereocenters. The number of aromatic nitrogens is 2. The second-order valence-electron chi connectivity index (χ2n) is 3.55. The number of hydrogen-bond acceptors (Lipinski definition) is 2. The van der Waals surface area contributed by atoms with E-state index in [1.165, 1.54) is 6.92 Å². The van der Waals surface area contributed by atoms with Crippen molar-refractivity contribution < 1.29 is 4.79 Å². The second-order valence-corrected chi connectivity index (χ2v) is 3.55. The number of hydrogen-bond donors (Lipinski definition) is 1. The van der Waals surface area contributed by atoms with Gasteiger partial charge in [-0.2, -0.15) is 0 Å². The third kappa shape index (κ3) is 2.48. The molecule has 0 saturated carbocycles. The zero-order valence-electron chi connectivity index (χ0n) is 9.05. The van der Waals surface area contributed by atoms with E-state index in [1.54, 1.807) is 12.5 Å². The van der Waals surface area contributed by atoms with Gasteiger partial charge in [-0.25, -0.2) is 4.98 Å². The number of carbonyl (C=O) groups excluding carboxylic acids is 1. The molecule has 1 amide bonds. The van der Waals surface area contributed by atoms with Gasteiger partial charge >= 0.3 is 0 Å². The summed E-state index contributed by atoms with van der Waals surface area (Å²) in [7, 11) is 0. The van der Waals surface area contributed by atoms with Gasteiger partial charge in [0.2, 0.25) is 5.91 Å². The van der Waals surface area contributed by atoms with Crippen molar-refractivity contribution in [3.05, 3.63) is 48.5 Å². The number of imidazole rings is 1. The van der Waals surface area contributed by atoms with Crippen molar-refractivity contribution in [1.29, 1.82) is 0 Å². The molecule has 0 bridgehead atoms. The van der Waals surface area contributed by atoms with Crippen LogP contribution in [0.15, 0.2) is 43.0 Å². The highest BCUT2D eigenvalue weighted by atomic mass is 16.1. The fourth-order valence-corrected chi connectivity index (χ4v) is 1.42. The van der Waals surface area contributed by atoms with Gasteiger partial charge in [0.05, 0.1) is 6.33 Å². The first kappa shape index (κ1) is 10.4. The van der Waals surface area contributed by atoms with Crippen LogP contribution in [0.25, 0.3) is 5.69 Å². The summed E-state index contributed by atoms with van der Waals surface area (Å²) in [6.45, 7) is 2.08. The Kier molecular flexibility index (Phi) is 3.00. The summed E-state index contributed by atoms with van der Waals surface area (Å²) >= 11 is 0. The Balaban J connectivity index is 2.08. The van der Waals surface area contributed by atoms with E-state index in [1.807, 2.05) is 35.0 Å². The molecule has 1 N–H and O–H groups in total. The molecule has 0 aliphatic heterocycles. The van der Waals surface area contributed by atoms with Crippen LogP contribution in [0.1, 0.15) is 12.5 Å². The van der Waals surface area contributed by atoms with E-state index >= 15 is 0 Å². The van der Waals surface area contributed by atoms with E-state index in [4.69, 9.17) is 0 Å². The molecule has 0 fully saturated rings. The van der Waals surface area contributed by atoms with Gasteiger partial charge in [-0.1, -0.05) is 12.1 Å². The summed E-state index contributed by atoms with van der Waals surface area (Å²) < 4.78 is 1.93. The fraction of sp³-hybridized carbons (Fsp3) is 0.167. The summed E-state index contributed by atoms with van der Waals surface area (Å²) in [4.78, 5) is 14.7. The molecule has 1 aromatic heterocycles. The predicted octanol–water partition coefficient (Wildman–Crippen LogP) is 1.51. The number of carbonyl (C=O) groups is 1. The maximum atomic E-state index is 10.7. The normalized spacial score (nSPS) is 10.1. The molecule has 0 aliphatic carbocycles. The van der Waals surface area contributed by atoms with Gasteiger partial charge in [-0.15, -0.1) is 0 Å². The average molecular weight is 215 g/mol. The van der Waals surface area contributed by atoms with Crippen LogP contribution in [-0.4, -0.2) is 15.5 Å². The average Bonchev–Trinajstić information content (AvgIpc) is 2.80. The highest BCUT2D eigenvalue weighted by molar-refractivity contribution is 5.72. The molecule has 0 unspecified atom stereocenters. The minimum absolute atomic E-state index is 0.0151. The lowest BCUT2D eigenvalue weighted by molar-refractivity contribution is -0.119. The zero-order valence-corrected chi connectivity index (χ0v) is 9.05. The Bertz CT molecular complexity index is 460. The first-order chi connectivity index (χ1) is 7.75. The van der Waals surface area contributed by atoms with Crippen molar-refractivity contribution in [1.82, 2.24) is 14.9 Å². The minimum atomic E-state index is -0.0151. The Labute approximate surface area is 93.9 Å². The Morgan fingerprint density at radius 2 is 2.12 bits per heavy atom. The molecular weight excluding hydrogens is 202 g/mol. The molecule has 0 spiro atoms. The molecule has 16 heavy (non-hydrogen) atoms. The molecule has 82 valence electrons. The van der Waals surface area contributed by atoms with E-state index in [0.29, 0.717) is 6.54 Å². The number of rotatable bonds is 3. The summed E-state index contributed by atoms with van der Waals surface area (Å²) in [6, 6.07) is 7.98. The van der Waals surface area contributed by atoms with Crippen molar-refractivity contribution in [2.45, 2.75) is 13.5 Å². The molecule has 0 saturated heterocycles. The fourth-order valence-electron chi connectivity index (χ4n) is 1.42. The molecule has 1 aromatic carbocycles. The molecule has 4 nitrogen and oxygen atoms in total. The topological polar surface area (TPSA) is 46.9 Å². The number of nitrogens with one attached hydrogen (secondary N) is 1. The first-order valence-corrected chi connectivity index (χ1v) is 5.07. The lowest BCUT2D eigenvalue weighted by atomic mass is 10.2. The van der Waals surface area contributed by atoms with E-state index in [-0.39, 0.29) is 5.91 Å². The molecular formula is C12H13N3O. The SMILES string of the molecule is CC(=O)NCc1ccc(-n2ccnc2)cc1. The summed E-state index contributed by atoms with van der Waals surface area (Å²) in [5.41, 5.74) is 2.14. The van der Waals surface area contributed by atoms with Gasteiger partial charge in [-0.3, -0.25) is 4.79 Å². The minimum Gasteiger partial charge on any atom is -0.352 e. The van der Waals surface area contributed by atoms with E-state index in [0.717, 1.165) is 11.3 Å². The van der Waals surface area contributed by atoms with Gasteiger partial charge in [0.1, 0.15) is 0 Å². The quantitative estimate of drug-likeness (QED) is 0.843. The third-order valence-corrected chi connectivity index (χ3v) is 2.28. The highest BCUT2D eigenvalue weighted by Gasteiger charge is 1.97. The van der Waals surface area contributed by atoms with Crippen LogP contribution in [0.5, 0.6) is 0 Å².